The molecule has 0 saturated heterocycles. The van der Waals surface area contributed by atoms with Crippen molar-refractivity contribution in [3.63, 3.8) is 0 Å². The Bertz CT molecular complexity index is 1120. The zero-order valence-corrected chi connectivity index (χ0v) is 15.7. The Balaban J connectivity index is 1.62. The third-order valence-corrected chi connectivity index (χ3v) is 5.10. The van der Waals surface area contributed by atoms with Crippen LogP contribution in [0.3, 0.4) is 0 Å². The molecular weight excluding hydrogens is 354 g/mol. The van der Waals surface area contributed by atoms with Gasteiger partial charge in [0.05, 0.1) is 4.92 Å². The minimum absolute atomic E-state index is 0.0368. The van der Waals surface area contributed by atoms with Crippen molar-refractivity contribution in [2.45, 2.75) is 26.7 Å². The van der Waals surface area contributed by atoms with Gasteiger partial charge in [-0.3, -0.25) is 14.9 Å². The molecule has 1 aliphatic rings. The fraction of sp³-hybridized carbons (Fsp3) is 0.174. The monoisotopic (exact) mass is 373 g/mol. The van der Waals surface area contributed by atoms with Gasteiger partial charge in [-0.25, -0.2) is 0 Å². The average molecular weight is 373 g/mol. The van der Waals surface area contributed by atoms with Crippen LogP contribution in [0.2, 0.25) is 0 Å². The highest BCUT2D eigenvalue weighted by Gasteiger charge is 2.23. The van der Waals surface area contributed by atoms with Gasteiger partial charge in [0.25, 0.3) is 5.69 Å². The van der Waals surface area contributed by atoms with E-state index in [-0.39, 0.29) is 11.5 Å². The molecule has 28 heavy (non-hydrogen) atoms. The Morgan fingerprint density at radius 2 is 1.79 bits per heavy atom. The quantitative estimate of drug-likeness (QED) is 0.336. The lowest BCUT2D eigenvalue weighted by molar-refractivity contribution is -0.384. The number of nitro benzene ring substituents is 1. The molecule has 0 radical (unpaired) electrons. The van der Waals surface area contributed by atoms with Gasteiger partial charge in [0.15, 0.2) is 5.78 Å². The second-order valence-electron chi connectivity index (χ2n) is 7.11. The second kappa shape index (κ2) is 6.93. The second-order valence-corrected chi connectivity index (χ2v) is 7.11. The van der Waals surface area contributed by atoms with Crippen molar-refractivity contribution >= 4 is 17.5 Å². The van der Waals surface area contributed by atoms with Crippen molar-refractivity contribution in [3.05, 3.63) is 92.2 Å². The highest BCUT2D eigenvalue weighted by atomic mass is 16.6. The molecule has 1 aromatic heterocycles. The molecule has 4 rings (SSSR count). The van der Waals surface area contributed by atoms with E-state index in [4.69, 9.17) is 4.42 Å². The zero-order valence-electron chi connectivity index (χ0n) is 15.7. The first-order valence-corrected chi connectivity index (χ1v) is 9.12. The van der Waals surface area contributed by atoms with Crippen molar-refractivity contribution in [2.75, 3.05) is 0 Å². The summed E-state index contributed by atoms with van der Waals surface area (Å²) in [6.07, 6.45) is 3.33. The number of non-ortho nitro benzene ring substituents is 1. The fourth-order valence-corrected chi connectivity index (χ4v) is 3.72. The van der Waals surface area contributed by atoms with Crippen LogP contribution in [0.1, 0.15) is 39.2 Å². The van der Waals surface area contributed by atoms with Crippen molar-refractivity contribution in [1.29, 1.82) is 0 Å². The molecule has 0 fully saturated rings. The Hall–Kier alpha value is -3.47. The molecule has 0 amide bonds. The number of hydrogen-bond donors (Lipinski definition) is 0. The number of rotatable bonds is 3. The average Bonchev–Trinajstić information content (AvgIpc) is 3.13. The van der Waals surface area contributed by atoms with E-state index in [1.807, 2.05) is 25.1 Å². The smallest absolute Gasteiger partial charge is 0.269 e. The molecule has 0 aliphatic heterocycles. The van der Waals surface area contributed by atoms with E-state index >= 15 is 0 Å². The van der Waals surface area contributed by atoms with Crippen LogP contribution < -0.4 is 0 Å². The van der Waals surface area contributed by atoms with E-state index in [1.54, 1.807) is 18.2 Å². The summed E-state index contributed by atoms with van der Waals surface area (Å²) in [6.45, 7) is 4.05. The molecule has 0 unspecified atom stereocenters. The molecule has 1 heterocycles. The van der Waals surface area contributed by atoms with E-state index in [0.29, 0.717) is 17.9 Å². The van der Waals surface area contributed by atoms with Gasteiger partial charge >= 0.3 is 0 Å². The van der Waals surface area contributed by atoms with E-state index in [2.05, 4.69) is 13.0 Å². The van der Waals surface area contributed by atoms with E-state index in [0.717, 1.165) is 34.2 Å². The first kappa shape index (κ1) is 17.9. The van der Waals surface area contributed by atoms with Gasteiger partial charge in [0, 0.05) is 28.8 Å². The summed E-state index contributed by atoms with van der Waals surface area (Å²) in [5.41, 5.74) is 5.71. The number of ketones is 1. The van der Waals surface area contributed by atoms with Gasteiger partial charge < -0.3 is 4.42 Å². The molecule has 0 N–H and O–H groups in total. The highest BCUT2D eigenvalue weighted by molar-refractivity contribution is 6.13. The van der Waals surface area contributed by atoms with Crippen LogP contribution in [-0.4, -0.2) is 10.7 Å². The largest absolute Gasteiger partial charge is 0.457 e. The lowest BCUT2D eigenvalue weighted by Crippen LogP contribution is -2.15. The molecule has 1 aliphatic carbocycles. The molecule has 0 saturated carbocycles. The number of fused-ring (bicyclic) bond motifs is 1. The number of nitrogens with zero attached hydrogens (tertiary/aromatic N) is 1. The minimum atomic E-state index is -0.433. The maximum atomic E-state index is 12.9. The Kier molecular flexibility index (Phi) is 4.43. The summed E-state index contributed by atoms with van der Waals surface area (Å²) < 4.78 is 5.86. The highest BCUT2D eigenvalue weighted by Crippen LogP contribution is 2.31. The summed E-state index contributed by atoms with van der Waals surface area (Å²) in [5, 5.41) is 10.8. The van der Waals surface area contributed by atoms with E-state index in [9.17, 15) is 14.9 Å². The van der Waals surface area contributed by atoms with E-state index < -0.39 is 4.92 Å². The molecule has 5 nitrogen and oxygen atoms in total. The van der Waals surface area contributed by atoms with Crippen LogP contribution >= 0.6 is 0 Å². The Morgan fingerprint density at radius 3 is 2.50 bits per heavy atom. The lowest BCUT2D eigenvalue weighted by Gasteiger charge is -2.20. The molecule has 140 valence electrons. The lowest BCUT2D eigenvalue weighted by atomic mass is 9.83. The summed E-state index contributed by atoms with van der Waals surface area (Å²) in [5.74, 6) is 1.27. The van der Waals surface area contributed by atoms with Gasteiger partial charge in [-0.05, 0) is 74.2 Å². The predicted octanol–water partition coefficient (Wildman–Crippen LogP) is 5.68. The molecule has 0 bridgehead atoms. The first-order valence-electron chi connectivity index (χ1n) is 9.12. The number of nitro groups is 1. The van der Waals surface area contributed by atoms with Gasteiger partial charge in [0.2, 0.25) is 0 Å². The number of Topliss-reactive ketones (excluding diaryl/α,β-unsaturated/α-hetero) is 1. The van der Waals surface area contributed by atoms with Crippen molar-refractivity contribution in [3.8, 4) is 11.3 Å². The molecule has 3 aromatic rings. The molecule has 5 heteroatoms. The van der Waals surface area contributed by atoms with Gasteiger partial charge in [-0.1, -0.05) is 11.6 Å². The number of benzene rings is 2. The molecular formula is C23H19NO4. The summed E-state index contributed by atoms with van der Waals surface area (Å²) in [6, 6.07) is 13.9. The minimum Gasteiger partial charge on any atom is -0.457 e. The van der Waals surface area contributed by atoms with Crippen LogP contribution in [0, 0.1) is 24.0 Å². The third-order valence-electron chi connectivity index (χ3n) is 5.10. The van der Waals surface area contributed by atoms with Crippen LogP contribution in [0.4, 0.5) is 5.69 Å². The maximum Gasteiger partial charge on any atom is 0.269 e. The Morgan fingerprint density at radius 1 is 1.04 bits per heavy atom. The zero-order chi connectivity index (χ0) is 19.8. The van der Waals surface area contributed by atoms with Gasteiger partial charge in [0.1, 0.15) is 11.5 Å². The number of hydrogen-bond acceptors (Lipinski definition) is 4. The van der Waals surface area contributed by atoms with Crippen LogP contribution in [0.25, 0.3) is 17.4 Å². The standard InChI is InChI=1S/C23H19NO4/c1-14-11-15(2)20-9-5-17(23(25)21(20)12-14)13-19-8-10-22(28-19)16-3-6-18(7-4-16)24(26)27/h3-4,6-8,10-13H,5,9H2,1-2H3/b17-13-. The van der Waals surface area contributed by atoms with Crippen molar-refractivity contribution in [2.24, 2.45) is 0 Å². The fourth-order valence-electron chi connectivity index (χ4n) is 3.72. The first-order chi connectivity index (χ1) is 13.4. The normalized spacial score (nSPS) is 14.9. The summed E-state index contributed by atoms with van der Waals surface area (Å²) in [4.78, 5) is 23.3. The number of allylic oxidation sites excluding steroid dienone is 1. The summed E-state index contributed by atoms with van der Waals surface area (Å²) in [7, 11) is 0. The third kappa shape index (κ3) is 3.27. The van der Waals surface area contributed by atoms with Gasteiger partial charge in [-0.2, -0.15) is 0 Å². The topological polar surface area (TPSA) is 73.3 Å². The number of aryl methyl sites for hydroxylation is 2. The SMILES string of the molecule is Cc1cc(C)c2c(c1)C(=O)/C(=C\c1ccc(-c3ccc([N+](=O)[O-])cc3)o1)CC2. The van der Waals surface area contributed by atoms with Gasteiger partial charge in [-0.15, -0.1) is 0 Å². The predicted molar refractivity (Wildman–Crippen MR) is 107 cm³/mol. The molecule has 2 aromatic carbocycles. The van der Waals surface area contributed by atoms with Crippen LogP contribution in [-0.2, 0) is 6.42 Å². The Labute approximate surface area is 162 Å². The maximum absolute atomic E-state index is 12.9. The summed E-state index contributed by atoms with van der Waals surface area (Å²) >= 11 is 0. The van der Waals surface area contributed by atoms with Crippen molar-refractivity contribution < 1.29 is 14.1 Å². The number of carbonyl (C=O) groups is 1. The molecule has 0 atom stereocenters. The molecule has 0 spiro atoms. The number of carbonyl (C=O) groups excluding carboxylic acids is 1. The van der Waals surface area contributed by atoms with Crippen LogP contribution in [0.15, 0.2) is 58.5 Å². The van der Waals surface area contributed by atoms with E-state index in [1.165, 1.54) is 17.7 Å². The number of furan rings is 1. The van der Waals surface area contributed by atoms with Crippen LogP contribution in [0.5, 0.6) is 0 Å². The van der Waals surface area contributed by atoms with Crippen molar-refractivity contribution in [1.82, 2.24) is 0 Å².